The summed E-state index contributed by atoms with van der Waals surface area (Å²) in [6, 6.07) is 10.5. The summed E-state index contributed by atoms with van der Waals surface area (Å²) in [6.45, 7) is 0. The van der Waals surface area contributed by atoms with Crippen LogP contribution in [0.3, 0.4) is 0 Å². The van der Waals surface area contributed by atoms with Gasteiger partial charge >= 0.3 is 0 Å². The Morgan fingerprint density at radius 3 is 2.17 bits per heavy atom. The minimum absolute atomic E-state index is 0.552. The largest absolute Gasteiger partial charge is 0.101 e. The first-order valence-electron chi connectivity index (χ1n) is 3.37. The average molecular weight is 252 g/mol. The van der Waals surface area contributed by atoms with Crippen LogP contribution in [-0.4, -0.2) is 0 Å². The maximum absolute atomic E-state index is 4.42. The molecule has 0 aliphatic carbocycles. The maximum Gasteiger partial charge on any atom is 0.0973 e. The highest BCUT2D eigenvalue weighted by Gasteiger charge is 2.37. The summed E-state index contributed by atoms with van der Waals surface area (Å²) in [7, 11) is 3.72. The zero-order valence-electron chi connectivity index (χ0n) is 6.08. The average Bonchev–Trinajstić information content (AvgIpc) is 2.02. The van der Waals surface area contributed by atoms with Crippen LogP contribution in [0.4, 0.5) is 0 Å². The molecule has 0 N–H and O–H groups in total. The SMILES string of the molecule is SS1(S)SC(c2ccccc2)S1. The van der Waals surface area contributed by atoms with E-state index < -0.39 is 6.16 Å². The third kappa shape index (κ3) is 2.07. The third-order valence-corrected chi connectivity index (χ3v) is 11.4. The Labute approximate surface area is 91.0 Å². The highest BCUT2D eigenvalue weighted by Crippen LogP contribution is 2.93. The molecule has 0 radical (unpaired) electrons. The quantitative estimate of drug-likeness (QED) is 0.558. The molecule has 2 rings (SSSR count). The number of thiol groups is 2. The van der Waals surface area contributed by atoms with Gasteiger partial charge in [-0.25, -0.2) is 0 Å². The molecule has 1 aliphatic heterocycles. The molecule has 0 nitrogen and oxygen atoms in total. The van der Waals surface area contributed by atoms with E-state index >= 15 is 0 Å². The molecule has 0 spiro atoms. The molecule has 0 unspecified atom stereocenters. The van der Waals surface area contributed by atoms with Crippen molar-refractivity contribution in [1.82, 2.24) is 0 Å². The summed E-state index contributed by atoms with van der Waals surface area (Å²) in [5.41, 5.74) is 1.37. The van der Waals surface area contributed by atoms with Crippen LogP contribution in [-0.2, 0) is 0 Å². The molecule has 1 heterocycles. The van der Waals surface area contributed by atoms with E-state index in [1.54, 1.807) is 0 Å². The molecular formula is C7H8S5. The van der Waals surface area contributed by atoms with Gasteiger partial charge in [-0.05, 0) is 11.7 Å². The summed E-state index contributed by atoms with van der Waals surface area (Å²) in [5.74, 6) is 0. The van der Waals surface area contributed by atoms with Gasteiger partial charge in [-0.3, -0.25) is 0 Å². The van der Waals surface area contributed by atoms with Crippen LogP contribution in [0, 0.1) is 0 Å². The van der Waals surface area contributed by atoms with Gasteiger partial charge in [-0.2, -0.15) is 0 Å². The second kappa shape index (κ2) is 3.61. The lowest BCUT2D eigenvalue weighted by molar-refractivity contribution is 1.40. The van der Waals surface area contributed by atoms with Crippen LogP contribution in [0.25, 0.3) is 0 Å². The zero-order valence-corrected chi connectivity index (χ0v) is 10.3. The molecule has 1 aromatic carbocycles. The molecule has 1 aromatic rings. The van der Waals surface area contributed by atoms with Crippen LogP contribution in [0.1, 0.15) is 10.1 Å². The van der Waals surface area contributed by atoms with Crippen molar-refractivity contribution < 1.29 is 0 Å². The molecule has 0 saturated carbocycles. The molecule has 0 amide bonds. The zero-order chi connectivity index (χ0) is 8.60. The van der Waals surface area contributed by atoms with E-state index in [-0.39, 0.29) is 0 Å². The Hall–Kier alpha value is 0.970. The van der Waals surface area contributed by atoms with Gasteiger partial charge in [0.05, 0.1) is 4.58 Å². The van der Waals surface area contributed by atoms with Crippen molar-refractivity contribution in [3.63, 3.8) is 0 Å². The van der Waals surface area contributed by atoms with E-state index in [4.69, 9.17) is 0 Å². The summed E-state index contributed by atoms with van der Waals surface area (Å²) in [4.78, 5) is 0. The molecule has 0 aromatic heterocycles. The van der Waals surface area contributed by atoms with Crippen molar-refractivity contribution in [1.29, 1.82) is 0 Å². The Kier molecular flexibility index (Phi) is 2.87. The lowest BCUT2D eigenvalue weighted by Crippen LogP contribution is -1.96. The minimum Gasteiger partial charge on any atom is -0.101 e. The first kappa shape index (κ1) is 9.52. The van der Waals surface area contributed by atoms with E-state index in [1.165, 1.54) is 5.56 Å². The van der Waals surface area contributed by atoms with Gasteiger partial charge in [0, 0.05) is 0 Å². The van der Waals surface area contributed by atoms with Gasteiger partial charge < -0.3 is 0 Å². The van der Waals surface area contributed by atoms with Gasteiger partial charge in [0.2, 0.25) is 0 Å². The number of hydrogen-bond donors (Lipinski definition) is 2. The van der Waals surface area contributed by atoms with E-state index in [1.807, 2.05) is 27.7 Å². The van der Waals surface area contributed by atoms with Crippen molar-refractivity contribution in [3.05, 3.63) is 35.9 Å². The van der Waals surface area contributed by atoms with Crippen molar-refractivity contribution >= 4 is 51.1 Å². The Bertz CT molecular complexity index is 262. The summed E-state index contributed by atoms with van der Waals surface area (Å²) < 4.78 is 0.552. The monoisotopic (exact) mass is 252 g/mol. The topological polar surface area (TPSA) is 0 Å². The van der Waals surface area contributed by atoms with Gasteiger partial charge in [0.25, 0.3) is 0 Å². The van der Waals surface area contributed by atoms with Gasteiger partial charge in [0.15, 0.2) is 0 Å². The fourth-order valence-electron chi connectivity index (χ4n) is 0.956. The molecule has 0 atom stereocenters. The van der Waals surface area contributed by atoms with Crippen molar-refractivity contribution in [3.8, 4) is 0 Å². The van der Waals surface area contributed by atoms with Gasteiger partial charge in [-0.15, -0.1) is 23.3 Å². The van der Waals surface area contributed by atoms with Crippen molar-refractivity contribution in [2.45, 2.75) is 4.58 Å². The summed E-state index contributed by atoms with van der Waals surface area (Å²) in [6.07, 6.45) is -0.957. The summed E-state index contributed by atoms with van der Waals surface area (Å²) >= 11 is 8.85. The van der Waals surface area contributed by atoms with Crippen LogP contribution in [0.15, 0.2) is 30.3 Å². The maximum atomic E-state index is 4.42. The molecule has 0 bridgehead atoms. The number of hydrogen-bond acceptors (Lipinski definition) is 4. The lowest BCUT2D eigenvalue weighted by Gasteiger charge is -2.42. The third-order valence-electron chi connectivity index (χ3n) is 1.50. The summed E-state index contributed by atoms with van der Waals surface area (Å²) in [5, 5.41) is 0. The van der Waals surface area contributed by atoms with Crippen LogP contribution in [0.2, 0.25) is 0 Å². The molecule has 12 heavy (non-hydrogen) atoms. The van der Waals surface area contributed by atoms with E-state index in [0.29, 0.717) is 4.58 Å². The Morgan fingerprint density at radius 2 is 1.67 bits per heavy atom. The second-order valence-electron chi connectivity index (χ2n) is 2.38. The van der Waals surface area contributed by atoms with Crippen molar-refractivity contribution in [2.75, 3.05) is 0 Å². The molecule has 1 aliphatic rings. The molecular weight excluding hydrogens is 244 g/mol. The molecule has 1 saturated heterocycles. The van der Waals surface area contributed by atoms with Gasteiger partial charge in [-0.1, -0.05) is 51.9 Å². The van der Waals surface area contributed by atoms with Crippen LogP contribution in [0.5, 0.6) is 0 Å². The second-order valence-corrected chi connectivity index (χ2v) is 16.8. The predicted octanol–water partition coefficient (Wildman–Crippen LogP) is 4.49. The Morgan fingerprint density at radius 1 is 1.08 bits per heavy atom. The van der Waals surface area contributed by atoms with Crippen LogP contribution >= 0.6 is 51.1 Å². The van der Waals surface area contributed by atoms with Gasteiger partial charge in [0.1, 0.15) is 0 Å². The van der Waals surface area contributed by atoms with Crippen LogP contribution < -0.4 is 0 Å². The highest BCUT2D eigenvalue weighted by atomic mass is 34.1. The van der Waals surface area contributed by atoms with E-state index in [0.717, 1.165) is 0 Å². The lowest BCUT2D eigenvalue weighted by atomic mass is 10.2. The minimum atomic E-state index is -0.957. The van der Waals surface area contributed by atoms with E-state index in [2.05, 4.69) is 47.6 Å². The first-order chi connectivity index (χ1) is 5.67. The number of benzene rings is 1. The molecule has 5 heteroatoms. The fourth-order valence-corrected chi connectivity index (χ4v) is 12.1. The standard InChI is InChI=1S/C7H8S5/c8-12(9)10-7(11-12)6-4-2-1-3-5-6/h1-5,7-9H. The highest BCUT2D eigenvalue weighted by molar-refractivity contribution is 9.67. The predicted molar refractivity (Wildman–Crippen MR) is 69.9 cm³/mol. The first-order valence-corrected chi connectivity index (χ1v) is 9.90. The van der Waals surface area contributed by atoms with E-state index in [9.17, 15) is 0 Å². The smallest absolute Gasteiger partial charge is 0.0973 e. The fraction of sp³-hybridized carbons (Fsp3) is 0.143. The van der Waals surface area contributed by atoms with Crippen molar-refractivity contribution in [2.24, 2.45) is 0 Å². The number of rotatable bonds is 1. The normalized spacial score (nSPS) is 24.5. The molecule has 1 fully saturated rings. The Balaban J connectivity index is 2.06. The molecule has 66 valence electrons.